The van der Waals surface area contributed by atoms with Crippen LogP contribution < -0.4 is 10.6 Å². The van der Waals surface area contributed by atoms with Crippen LogP contribution in [0, 0.1) is 0 Å². The van der Waals surface area contributed by atoms with E-state index in [1.165, 1.54) is 7.11 Å². The fraction of sp³-hybridized carbons (Fsp3) is 0.867. The fourth-order valence-electron chi connectivity index (χ4n) is 1.87. The van der Waals surface area contributed by atoms with Crippen LogP contribution in [0.4, 0.5) is 0 Å². The maximum Gasteiger partial charge on any atom is 0.305 e. The average molecular weight is 429 g/mol. The molecular weight excluding hydrogens is 397 g/mol. The third kappa shape index (κ3) is 14.4. The number of carbonyl (C=O) groups excluding carboxylic acids is 1. The Morgan fingerprint density at radius 3 is 2.45 bits per heavy atom. The van der Waals surface area contributed by atoms with Gasteiger partial charge in [-0.15, -0.1) is 24.0 Å². The summed E-state index contributed by atoms with van der Waals surface area (Å²) in [6, 6.07) is 0.229. The minimum atomic E-state index is -0.126. The summed E-state index contributed by atoms with van der Waals surface area (Å²) in [5, 5.41) is 6.51. The lowest BCUT2D eigenvalue weighted by Crippen LogP contribution is -2.44. The van der Waals surface area contributed by atoms with Crippen molar-refractivity contribution in [3.05, 3.63) is 0 Å². The van der Waals surface area contributed by atoms with Gasteiger partial charge in [-0.25, -0.2) is 0 Å². The molecule has 1 atom stereocenters. The highest BCUT2D eigenvalue weighted by Crippen LogP contribution is 2.04. The molecule has 0 aliphatic carbocycles. The Labute approximate surface area is 151 Å². The molecule has 0 bridgehead atoms. The Hall–Kier alpha value is -0.570. The number of carbonyl (C=O) groups is 1. The third-order valence-electron chi connectivity index (χ3n) is 2.93. The Morgan fingerprint density at radius 2 is 1.86 bits per heavy atom. The normalized spacial score (nSPS) is 12.3. The highest BCUT2D eigenvalue weighted by Gasteiger charge is 2.04. The van der Waals surface area contributed by atoms with Gasteiger partial charge in [-0.3, -0.25) is 9.79 Å². The molecule has 0 aromatic carbocycles. The Morgan fingerprint density at radius 1 is 1.18 bits per heavy atom. The number of halogens is 1. The van der Waals surface area contributed by atoms with E-state index in [-0.39, 0.29) is 36.0 Å². The van der Waals surface area contributed by atoms with Crippen LogP contribution in [-0.2, 0) is 14.3 Å². The topological polar surface area (TPSA) is 72.0 Å². The van der Waals surface area contributed by atoms with Crippen LogP contribution in [0.15, 0.2) is 4.99 Å². The van der Waals surface area contributed by atoms with Crippen LogP contribution in [0.25, 0.3) is 0 Å². The SMILES string of the molecule is CCNC(=NCCCCCCC(=O)OC)NC(C)COC.I. The summed E-state index contributed by atoms with van der Waals surface area (Å²) in [5.41, 5.74) is 0. The van der Waals surface area contributed by atoms with Gasteiger partial charge in [-0.1, -0.05) is 12.8 Å². The van der Waals surface area contributed by atoms with Crippen molar-refractivity contribution in [1.82, 2.24) is 10.6 Å². The van der Waals surface area contributed by atoms with Gasteiger partial charge in [-0.2, -0.15) is 0 Å². The van der Waals surface area contributed by atoms with Crippen molar-refractivity contribution < 1.29 is 14.3 Å². The van der Waals surface area contributed by atoms with Crippen molar-refractivity contribution in [3.8, 4) is 0 Å². The third-order valence-corrected chi connectivity index (χ3v) is 2.93. The zero-order valence-corrected chi connectivity index (χ0v) is 16.6. The van der Waals surface area contributed by atoms with Gasteiger partial charge in [0.15, 0.2) is 5.96 Å². The summed E-state index contributed by atoms with van der Waals surface area (Å²) in [6.45, 7) is 6.38. The standard InChI is InChI=1S/C15H31N3O3.HI/c1-5-16-15(18-13(2)12-20-3)17-11-9-7-6-8-10-14(19)21-4;/h13H,5-12H2,1-4H3,(H2,16,17,18);1H. The van der Waals surface area contributed by atoms with E-state index in [0.29, 0.717) is 13.0 Å². The van der Waals surface area contributed by atoms with Crippen molar-refractivity contribution in [2.75, 3.05) is 33.9 Å². The Balaban J connectivity index is 0. The number of unbranched alkanes of at least 4 members (excludes halogenated alkanes) is 3. The second-order valence-corrected chi connectivity index (χ2v) is 5.00. The van der Waals surface area contributed by atoms with Crippen LogP contribution >= 0.6 is 24.0 Å². The van der Waals surface area contributed by atoms with E-state index in [4.69, 9.17) is 4.74 Å². The summed E-state index contributed by atoms with van der Waals surface area (Å²) < 4.78 is 9.70. The molecule has 1 unspecified atom stereocenters. The van der Waals surface area contributed by atoms with Crippen LogP contribution in [0.2, 0.25) is 0 Å². The number of guanidine groups is 1. The predicted octanol–water partition coefficient (Wildman–Crippen LogP) is 2.32. The first-order valence-corrected chi connectivity index (χ1v) is 7.74. The Bertz CT molecular complexity index is 302. The maximum atomic E-state index is 10.9. The molecule has 2 N–H and O–H groups in total. The molecule has 22 heavy (non-hydrogen) atoms. The zero-order chi connectivity index (χ0) is 15.9. The van der Waals surface area contributed by atoms with Gasteiger partial charge in [0.05, 0.1) is 13.7 Å². The molecule has 7 heteroatoms. The summed E-state index contributed by atoms with van der Waals surface area (Å²) in [4.78, 5) is 15.5. The predicted molar refractivity (Wildman–Crippen MR) is 101 cm³/mol. The molecule has 0 aromatic rings. The number of hydrogen-bond donors (Lipinski definition) is 2. The molecule has 0 aromatic heterocycles. The smallest absolute Gasteiger partial charge is 0.305 e. The van der Waals surface area contributed by atoms with E-state index < -0.39 is 0 Å². The lowest BCUT2D eigenvalue weighted by molar-refractivity contribution is -0.140. The van der Waals surface area contributed by atoms with Crippen LogP contribution in [0.1, 0.15) is 46.0 Å². The average Bonchev–Trinajstić information content (AvgIpc) is 2.46. The van der Waals surface area contributed by atoms with Gasteiger partial charge >= 0.3 is 5.97 Å². The molecule has 0 radical (unpaired) electrons. The summed E-state index contributed by atoms with van der Waals surface area (Å²) in [7, 11) is 3.12. The van der Waals surface area contributed by atoms with E-state index in [9.17, 15) is 4.79 Å². The summed E-state index contributed by atoms with van der Waals surface area (Å²) >= 11 is 0. The summed E-state index contributed by atoms with van der Waals surface area (Å²) in [6.07, 6.45) is 4.54. The van der Waals surface area contributed by atoms with Crippen molar-refractivity contribution in [3.63, 3.8) is 0 Å². The molecule has 0 spiro atoms. The minimum absolute atomic E-state index is 0. The molecule has 0 aliphatic rings. The van der Waals surface area contributed by atoms with E-state index in [1.807, 2.05) is 6.92 Å². The number of nitrogens with one attached hydrogen (secondary N) is 2. The minimum Gasteiger partial charge on any atom is -0.469 e. The fourth-order valence-corrected chi connectivity index (χ4v) is 1.87. The van der Waals surface area contributed by atoms with Gasteiger partial charge in [0.2, 0.25) is 0 Å². The molecule has 0 amide bonds. The molecular formula is C15H32IN3O3. The molecule has 0 saturated heterocycles. The first kappa shape index (κ1) is 23.7. The van der Waals surface area contributed by atoms with Crippen molar-refractivity contribution in [2.24, 2.45) is 4.99 Å². The number of ether oxygens (including phenoxy) is 2. The first-order chi connectivity index (χ1) is 10.1. The lowest BCUT2D eigenvalue weighted by atomic mass is 10.1. The highest BCUT2D eigenvalue weighted by atomic mass is 127. The molecule has 6 nitrogen and oxygen atoms in total. The van der Waals surface area contributed by atoms with Gasteiger partial charge in [0.1, 0.15) is 0 Å². The monoisotopic (exact) mass is 429 g/mol. The largest absolute Gasteiger partial charge is 0.469 e. The van der Waals surface area contributed by atoms with E-state index in [2.05, 4.69) is 27.3 Å². The molecule has 0 saturated carbocycles. The van der Waals surface area contributed by atoms with Gasteiger partial charge < -0.3 is 20.1 Å². The second-order valence-electron chi connectivity index (χ2n) is 5.00. The van der Waals surface area contributed by atoms with E-state index in [1.54, 1.807) is 7.11 Å². The number of rotatable bonds is 11. The zero-order valence-electron chi connectivity index (χ0n) is 14.3. The van der Waals surface area contributed by atoms with Gasteiger partial charge in [-0.05, 0) is 26.7 Å². The van der Waals surface area contributed by atoms with Crippen molar-refractivity contribution in [2.45, 2.75) is 52.0 Å². The number of esters is 1. The highest BCUT2D eigenvalue weighted by molar-refractivity contribution is 14.0. The van der Waals surface area contributed by atoms with E-state index >= 15 is 0 Å². The molecule has 0 rings (SSSR count). The molecule has 0 aliphatic heterocycles. The number of aliphatic imine (C=N–C) groups is 1. The quantitative estimate of drug-likeness (QED) is 0.173. The van der Waals surface area contributed by atoms with E-state index in [0.717, 1.165) is 44.7 Å². The first-order valence-electron chi connectivity index (χ1n) is 7.74. The number of methoxy groups -OCH3 is 2. The van der Waals surface area contributed by atoms with Crippen LogP contribution in [-0.4, -0.2) is 51.9 Å². The Kier molecular flexibility index (Phi) is 18.1. The van der Waals surface area contributed by atoms with Crippen LogP contribution in [0.3, 0.4) is 0 Å². The summed E-state index contributed by atoms with van der Waals surface area (Å²) in [5.74, 6) is 0.704. The number of nitrogens with zero attached hydrogens (tertiary/aromatic N) is 1. The van der Waals surface area contributed by atoms with Gasteiger partial charge in [0, 0.05) is 32.7 Å². The van der Waals surface area contributed by atoms with Gasteiger partial charge in [0.25, 0.3) is 0 Å². The van der Waals surface area contributed by atoms with Crippen molar-refractivity contribution >= 4 is 35.9 Å². The molecule has 0 heterocycles. The van der Waals surface area contributed by atoms with Crippen LogP contribution in [0.5, 0.6) is 0 Å². The maximum absolute atomic E-state index is 10.9. The molecule has 0 fully saturated rings. The molecule has 132 valence electrons. The van der Waals surface area contributed by atoms with Crippen molar-refractivity contribution in [1.29, 1.82) is 0 Å². The lowest BCUT2D eigenvalue weighted by Gasteiger charge is -2.16. The number of hydrogen-bond acceptors (Lipinski definition) is 4. The second kappa shape index (κ2) is 16.8.